The standard InChI is InChI=1S/C17H17F3N2O2/c1-11-5-3-8-15(12(11)2)22-16(23)10-21-13-6-4-7-14(9-13)24-17(18,19)20/h3-9,21H,10H2,1-2H3,(H,22,23). The minimum atomic E-state index is -4.75. The highest BCUT2D eigenvalue weighted by molar-refractivity contribution is 5.94. The Bertz CT molecular complexity index is 730. The molecule has 0 atom stereocenters. The van der Waals surface area contributed by atoms with E-state index in [-0.39, 0.29) is 18.2 Å². The molecule has 0 aromatic heterocycles. The van der Waals surface area contributed by atoms with Gasteiger partial charge in [0.25, 0.3) is 0 Å². The number of hydrogen-bond donors (Lipinski definition) is 2. The second-order valence-electron chi connectivity index (χ2n) is 5.22. The molecule has 0 heterocycles. The zero-order chi connectivity index (χ0) is 17.7. The first kappa shape index (κ1) is 17.7. The summed E-state index contributed by atoms with van der Waals surface area (Å²) >= 11 is 0. The SMILES string of the molecule is Cc1cccc(NC(=O)CNc2cccc(OC(F)(F)F)c2)c1C. The Morgan fingerprint density at radius 1 is 1.12 bits per heavy atom. The van der Waals surface area contributed by atoms with Crippen molar-refractivity contribution < 1.29 is 22.7 Å². The fourth-order valence-corrected chi connectivity index (χ4v) is 2.07. The molecule has 2 aromatic carbocycles. The van der Waals surface area contributed by atoms with Crippen molar-refractivity contribution in [1.29, 1.82) is 0 Å². The van der Waals surface area contributed by atoms with Crippen LogP contribution in [0.15, 0.2) is 42.5 Å². The van der Waals surface area contributed by atoms with Gasteiger partial charge in [-0.05, 0) is 43.2 Å². The van der Waals surface area contributed by atoms with Gasteiger partial charge in [0.2, 0.25) is 5.91 Å². The molecule has 0 aliphatic rings. The normalized spacial score (nSPS) is 11.0. The van der Waals surface area contributed by atoms with Crippen molar-refractivity contribution in [1.82, 2.24) is 0 Å². The molecule has 4 nitrogen and oxygen atoms in total. The van der Waals surface area contributed by atoms with E-state index in [0.29, 0.717) is 11.4 Å². The smallest absolute Gasteiger partial charge is 0.406 e. The molecule has 2 N–H and O–H groups in total. The maximum absolute atomic E-state index is 12.2. The summed E-state index contributed by atoms with van der Waals surface area (Å²) in [7, 11) is 0. The van der Waals surface area contributed by atoms with Crippen LogP contribution in [0.1, 0.15) is 11.1 Å². The van der Waals surface area contributed by atoms with Crippen molar-refractivity contribution in [3.8, 4) is 5.75 Å². The second-order valence-corrected chi connectivity index (χ2v) is 5.22. The van der Waals surface area contributed by atoms with Crippen LogP contribution in [0.4, 0.5) is 24.5 Å². The first-order valence-electron chi connectivity index (χ1n) is 7.20. The zero-order valence-corrected chi connectivity index (χ0v) is 13.2. The summed E-state index contributed by atoms with van der Waals surface area (Å²) in [6.45, 7) is 3.76. The highest BCUT2D eigenvalue weighted by Gasteiger charge is 2.31. The first-order chi connectivity index (χ1) is 11.2. The van der Waals surface area contributed by atoms with Crippen molar-refractivity contribution in [2.75, 3.05) is 17.2 Å². The summed E-state index contributed by atoms with van der Waals surface area (Å²) < 4.78 is 40.4. The molecule has 0 spiro atoms. The monoisotopic (exact) mass is 338 g/mol. The van der Waals surface area contributed by atoms with E-state index >= 15 is 0 Å². The van der Waals surface area contributed by atoms with Gasteiger partial charge in [0.15, 0.2) is 0 Å². The molecule has 128 valence electrons. The van der Waals surface area contributed by atoms with Crippen LogP contribution in [0.3, 0.4) is 0 Å². The van der Waals surface area contributed by atoms with Gasteiger partial charge in [-0.25, -0.2) is 0 Å². The molecular weight excluding hydrogens is 321 g/mol. The number of hydrogen-bond acceptors (Lipinski definition) is 3. The number of alkyl halides is 3. The lowest BCUT2D eigenvalue weighted by Gasteiger charge is -2.12. The number of aryl methyl sites for hydroxylation is 1. The highest BCUT2D eigenvalue weighted by atomic mass is 19.4. The van der Waals surface area contributed by atoms with Gasteiger partial charge in [0, 0.05) is 17.4 Å². The van der Waals surface area contributed by atoms with Gasteiger partial charge >= 0.3 is 6.36 Å². The van der Waals surface area contributed by atoms with Crippen molar-refractivity contribution in [2.24, 2.45) is 0 Å². The number of carbonyl (C=O) groups excluding carboxylic acids is 1. The number of ether oxygens (including phenoxy) is 1. The topological polar surface area (TPSA) is 50.4 Å². The van der Waals surface area contributed by atoms with Gasteiger partial charge in [-0.1, -0.05) is 18.2 Å². The first-order valence-corrected chi connectivity index (χ1v) is 7.20. The molecule has 0 aliphatic heterocycles. The lowest BCUT2D eigenvalue weighted by molar-refractivity contribution is -0.274. The van der Waals surface area contributed by atoms with E-state index in [0.717, 1.165) is 11.1 Å². The fourth-order valence-electron chi connectivity index (χ4n) is 2.07. The highest BCUT2D eigenvalue weighted by Crippen LogP contribution is 2.25. The van der Waals surface area contributed by atoms with Crippen LogP contribution in [-0.2, 0) is 4.79 Å². The number of amides is 1. The minimum Gasteiger partial charge on any atom is -0.406 e. The Morgan fingerprint density at radius 2 is 1.83 bits per heavy atom. The average Bonchev–Trinajstić information content (AvgIpc) is 2.48. The largest absolute Gasteiger partial charge is 0.573 e. The average molecular weight is 338 g/mol. The molecule has 0 fully saturated rings. The van der Waals surface area contributed by atoms with Gasteiger partial charge in [-0.15, -0.1) is 13.2 Å². The minimum absolute atomic E-state index is 0.0805. The number of benzene rings is 2. The number of halogens is 3. The molecule has 0 radical (unpaired) electrons. The Labute approximate surface area is 137 Å². The van der Waals surface area contributed by atoms with E-state index in [1.165, 1.54) is 18.2 Å². The van der Waals surface area contributed by atoms with E-state index in [9.17, 15) is 18.0 Å². The van der Waals surface area contributed by atoms with Crippen LogP contribution in [0, 0.1) is 13.8 Å². The molecule has 7 heteroatoms. The summed E-state index contributed by atoms with van der Waals surface area (Å²) in [4.78, 5) is 12.0. The van der Waals surface area contributed by atoms with Gasteiger partial charge < -0.3 is 15.4 Å². The summed E-state index contributed by atoms with van der Waals surface area (Å²) in [5.74, 6) is -0.645. The summed E-state index contributed by atoms with van der Waals surface area (Å²) in [5.41, 5.74) is 3.08. The molecule has 0 bridgehead atoms. The fraction of sp³-hybridized carbons (Fsp3) is 0.235. The van der Waals surface area contributed by atoms with Gasteiger partial charge in [0.05, 0.1) is 6.54 Å². The zero-order valence-electron chi connectivity index (χ0n) is 13.2. The third kappa shape index (κ3) is 5.19. The molecule has 0 aliphatic carbocycles. The lowest BCUT2D eigenvalue weighted by Crippen LogP contribution is -2.22. The van der Waals surface area contributed by atoms with Crippen LogP contribution < -0.4 is 15.4 Å². The summed E-state index contributed by atoms with van der Waals surface area (Å²) in [5, 5.41) is 5.53. The number of rotatable bonds is 5. The predicted molar refractivity (Wildman–Crippen MR) is 86.2 cm³/mol. The Morgan fingerprint density at radius 3 is 2.54 bits per heavy atom. The second kappa shape index (κ2) is 7.25. The quantitative estimate of drug-likeness (QED) is 0.857. The van der Waals surface area contributed by atoms with Crippen LogP contribution in [0.25, 0.3) is 0 Å². The molecule has 0 unspecified atom stereocenters. The Hall–Kier alpha value is -2.70. The third-order valence-electron chi connectivity index (χ3n) is 3.40. The lowest BCUT2D eigenvalue weighted by atomic mass is 10.1. The predicted octanol–water partition coefficient (Wildman–Crippen LogP) is 4.25. The Balaban J connectivity index is 1.94. The van der Waals surface area contributed by atoms with Gasteiger partial charge in [-0.2, -0.15) is 0 Å². The molecule has 2 aromatic rings. The van der Waals surface area contributed by atoms with Crippen molar-refractivity contribution in [2.45, 2.75) is 20.2 Å². The van der Waals surface area contributed by atoms with Crippen LogP contribution in [-0.4, -0.2) is 18.8 Å². The summed E-state index contributed by atoms with van der Waals surface area (Å²) in [6, 6.07) is 10.9. The van der Waals surface area contributed by atoms with E-state index in [1.807, 2.05) is 26.0 Å². The van der Waals surface area contributed by atoms with Crippen LogP contribution in [0.2, 0.25) is 0 Å². The van der Waals surface area contributed by atoms with Crippen LogP contribution >= 0.6 is 0 Å². The van der Waals surface area contributed by atoms with Crippen molar-refractivity contribution in [3.05, 3.63) is 53.6 Å². The number of nitrogens with one attached hydrogen (secondary N) is 2. The molecule has 2 rings (SSSR count). The maximum Gasteiger partial charge on any atom is 0.573 e. The molecule has 24 heavy (non-hydrogen) atoms. The van der Waals surface area contributed by atoms with E-state index in [4.69, 9.17) is 0 Å². The van der Waals surface area contributed by atoms with Crippen molar-refractivity contribution >= 4 is 17.3 Å². The summed E-state index contributed by atoms with van der Waals surface area (Å²) in [6.07, 6.45) is -4.75. The number of carbonyl (C=O) groups is 1. The molecule has 0 saturated heterocycles. The van der Waals surface area contributed by atoms with E-state index in [2.05, 4.69) is 15.4 Å². The van der Waals surface area contributed by atoms with Crippen molar-refractivity contribution in [3.63, 3.8) is 0 Å². The molecular formula is C17H17F3N2O2. The van der Waals surface area contributed by atoms with E-state index in [1.54, 1.807) is 12.1 Å². The molecule has 1 amide bonds. The third-order valence-corrected chi connectivity index (χ3v) is 3.40. The maximum atomic E-state index is 12.2. The van der Waals surface area contributed by atoms with Gasteiger partial charge in [0.1, 0.15) is 5.75 Å². The molecule has 0 saturated carbocycles. The number of anilines is 2. The van der Waals surface area contributed by atoms with Gasteiger partial charge in [-0.3, -0.25) is 4.79 Å². The Kier molecular flexibility index (Phi) is 5.33. The van der Waals surface area contributed by atoms with Crippen LogP contribution in [0.5, 0.6) is 5.75 Å². The van der Waals surface area contributed by atoms with E-state index < -0.39 is 6.36 Å².